The summed E-state index contributed by atoms with van der Waals surface area (Å²) in [6, 6.07) is 9.79. The maximum Gasteiger partial charge on any atom is 0.312 e. The monoisotopic (exact) mass is 442 g/mol. The Morgan fingerprint density at radius 1 is 0.875 bits per heavy atom. The molecule has 32 heavy (non-hydrogen) atoms. The summed E-state index contributed by atoms with van der Waals surface area (Å²) >= 11 is 0. The van der Waals surface area contributed by atoms with Crippen LogP contribution < -0.4 is 0 Å². The van der Waals surface area contributed by atoms with E-state index >= 15 is 0 Å². The van der Waals surface area contributed by atoms with Crippen LogP contribution in [0.4, 0.5) is 0 Å². The second-order valence-electron chi connectivity index (χ2n) is 9.96. The molecular formula is C27H38O5. The molecule has 0 radical (unpaired) electrons. The van der Waals surface area contributed by atoms with Gasteiger partial charge in [-0.1, -0.05) is 68.9 Å². The van der Waals surface area contributed by atoms with E-state index in [1.54, 1.807) is 0 Å². The van der Waals surface area contributed by atoms with E-state index in [1.165, 1.54) is 0 Å². The third kappa shape index (κ3) is 7.26. The molecule has 1 unspecified atom stereocenters. The van der Waals surface area contributed by atoms with Crippen LogP contribution in [-0.4, -0.2) is 29.2 Å². The molecule has 0 heterocycles. The Bertz CT molecular complexity index is 749. The largest absolute Gasteiger partial charge is 0.460 e. The first kappa shape index (κ1) is 24.6. The zero-order chi connectivity index (χ0) is 22.9. The molecule has 1 aromatic rings. The van der Waals surface area contributed by atoms with Gasteiger partial charge in [0.2, 0.25) is 5.78 Å². The topological polar surface area (TPSA) is 80.7 Å². The summed E-state index contributed by atoms with van der Waals surface area (Å²) in [6.45, 7) is 0.349. The number of carbonyl (C=O) groups excluding carboxylic acids is 3. The van der Waals surface area contributed by atoms with E-state index in [0.717, 1.165) is 95.5 Å². The van der Waals surface area contributed by atoms with Gasteiger partial charge in [0.1, 0.15) is 6.61 Å². The number of hydrogen-bond donors (Lipinski definition) is 1. The minimum Gasteiger partial charge on any atom is -0.460 e. The summed E-state index contributed by atoms with van der Waals surface area (Å²) in [5, 5.41) is 10.2. The molecule has 5 heteroatoms. The minimum absolute atomic E-state index is 0.0517. The molecule has 1 atom stereocenters. The number of ether oxygens (including phenoxy) is 1. The smallest absolute Gasteiger partial charge is 0.312 e. The van der Waals surface area contributed by atoms with Gasteiger partial charge in [0.05, 0.1) is 11.5 Å². The number of aliphatic hydroxyl groups excluding tert-OH is 1. The number of ketones is 1. The van der Waals surface area contributed by atoms with E-state index < -0.39 is 0 Å². The van der Waals surface area contributed by atoms with E-state index in [2.05, 4.69) is 0 Å². The number of carbonyl (C=O) groups is 3. The predicted molar refractivity (Wildman–Crippen MR) is 123 cm³/mol. The summed E-state index contributed by atoms with van der Waals surface area (Å²) in [5.74, 6) is -0.279. The number of Topliss-reactive ketones (excluding diaryl/α,β-unsaturated/α-hetero) is 1. The first-order valence-electron chi connectivity index (χ1n) is 12.4. The molecule has 5 nitrogen and oxygen atoms in total. The average Bonchev–Trinajstić information content (AvgIpc) is 3.73. The molecule has 1 aromatic carbocycles. The lowest BCUT2D eigenvalue weighted by Crippen LogP contribution is -2.19. The van der Waals surface area contributed by atoms with Gasteiger partial charge in [-0.25, -0.2) is 0 Å². The average molecular weight is 443 g/mol. The summed E-state index contributed by atoms with van der Waals surface area (Å²) < 4.78 is 5.54. The maximum absolute atomic E-state index is 12.5. The Balaban J connectivity index is 1.18. The summed E-state index contributed by atoms with van der Waals surface area (Å²) in [7, 11) is 0. The lowest BCUT2D eigenvalue weighted by molar-refractivity contribution is -0.152. The fraction of sp³-hybridized carbons (Fsp3) is 0.667. The highest BCUT2D eigenvalue weighted by molar-refractivity contribution is 6.28. The van der Waals surface area contributed by atoms with E-state index in [-0.39, 0.29) is 28.7 Å². The number of hydrogen-bond acceptors (Lipinski definition) is 5. The fourth-order valence-corrected chi connectivity index (χ4v) is 4.66. The van der Waals surface area contributed by atoms with Gasteiger partial charge in [-0.15, -0.1) is 0 Å². The quantitative estimate of drug-likeness (QED) is 0.153. The van der Waals surface area contributed by atoms with Crippen LogP contribution in [0.2, 0.25) is 0 Å². The molecule has 0 bridgehead atoms. The summed E-state index contributed by atoms with van der Waals surface area (Å²) in [6.07, 6.45) is 13.0. The van der Waals surface area contributed by atoms with E-state index in [0.29, 0.717) is 12.9 Å². The summed E-state index contributed by atoms with van der Waals surface area (Å²) in [4.78, 5) is 34.8. The van der Waals surface area contributed by atoms with Gasteiger partial charge in [0.15, 0.2) is 6.29 Å². The minimum atomic E-state index is -0.326. The Morgan fingerprint density at radius 2 is 1.44 bits per heavy atom. The number of aldehydes is 1. The van der Waals surface area contributed by atoms with Crippen molar-refractivity contribution < 1.29 is 24.2 Å². The molecule has 176 valence electrons. The first-order valence-corrected chi connectivity index (χ1v) is 12.4. The molecule has 2 fully saturated rings. The highest BCUT2D eigenvalue weighted by Crippen LogP contribution is 2.51. The van der Waals surface area contributed by atoms with Gasteiger partial charge in [0, 0.05) is 5.41 Å². The number of rotatable bonds is 17. The van der Waals surface area contributed by atoms with Crippen molar-refractivity contribution in [1.82, 2.24) is 0 Å². The number of esters is 1. The van der Waals surface area contributed by atoms with Crippen LogP contribution in [0.1, 0.15) is 95.5 Å². The van der Waals surface area contributed by atoms with Crippen LogP contribution in [0.25, 0.3) is 0 Å². The Kier molecular flexibility index (Phi) is 9.03. The van der Waals surface area contributed by atoms with Crippen LogP contribution >= 0.6 is 0 Å². The molecule has 2 aliphatic carbocycles. The lowest BCUT2D eigenvalue weighted by atomic mass is 9.93. The van der Waals surface area contributed by atoms with Crippen molar-refractivity contribution in [3.05, 3.63) is 35.9 Å². The Labute approximate surface area is 191 Å². The molecule has 0 aromatic heterocycles. The van der Waals surface area contributed by atoms with Crippen LogP contribution in [0.3, 0.4) is 0 Å². The standard InChI is InChI=1S/C27H38O5/c28-20-24(30)26(16-17-26)14-8-2-6-12-23(29)13-7-3-9-15-27(18-19-27)25(31)32-21-22-10-4-1-5-11-22/h1,4-5,10-11,20,23,29H,2-3,6-9,12-19,21H2. The summed E-state index contributed by atoms with van der Waals surface area (Å²) in [5.41, 5.74) is 0.442. The zero-order valence-corrected chi connectivity index (χ0v) is 19.2. The fourth-order valence-electron chi connectivity index (χ4n) is 4.66. The van der Waals surface area contributed by atoms with Crippen molar-refractivity contribution in [2.75, 3.05) is 0 Å². The van der Waals surface area contributed by atoms with E-state index in [9.17, 15) is 19.5 Å². The third-order valence-electron chi connectivity index (χ3n) is 7.37. The Morgan fingerprint density at radius 3 is 1.97 bits per heavy atom. The highest BCUT2D eigenvalue weighted by atomic mass is 16.5. The molecule has 0 saturated heterocycles. The third-order valence-corrected chi connectivity index (χ3v) is 7.37. The van der Waals surface area contributed by atoms with Crippen molar-refractivity contribution >= 4 is 18.0 Å². The van der Waals surface area contributed by atoms with Crippen LogP contribution in [0.15, 0.2) is 30.3 Å². The second kappa shape index (κ2) is 11.7. The Hall–Kier alpha value is -2.01. The van der Waals surface area contributed by atoms with Crippen LogP contribution in [0, 0.1) is 10.8 Å². The molecule has 0 amide bonds. The van der Waals surface area contributed by atoms with E-state index in [1.807, 2.05) is 30.3 Å². The molecule has 0 aliphatic heterocycles. The number of aliphatic hydroxyl groups is 1. The predicted octanol–water partition coefficient (Wildman–Crippen LogP) is 5.32. The van der Waals surface area contributed by atoms with E-state index in [4.69, 9.17) is 4.74 Å². The van der Waals surface area contributed by atoms with Gasteiger partial charge in [-0.3, -0.25) is 14.4 Å². The molecule has 3 rings (SSSR count). The molecule has 2 saturated carbocycles. The van der Waals surface area contributed by atoms with Crippen molar-refractivity contribution in [2.45, 2.75) is 103 Å². The zero-order valence-electron chi connectivity index (χ0n) is 19.2. The molecule has 2 aliphatic rings. The van der Waals surface area contributed by atoms with Crippen molar-refractivity contribution in [3.63, 3.8) is 0 Å². The van der Waals surface area contributed by atoms with Gasteiger partial charge < -0.3 is 9.84 Å². The molecule has 0 spiro atoms. The van der Waals surface area contributed by atoms with Gasteiger partial charge in [-0.2, -0.15) is 0 Å². The van der Waals surface area contributed by atoms with Crippen molar-refractivity contribution in [3.8, 4) is 0 Å². The number of unbranched alkanes of at least 4 members (excludes halogenated alkanes) is 4. The highest BCUT2D eigenvalue weighted by Gasteiger charge is 2.50. The lowest BCUT2D eigenvalue weighted by Gasteiger charge is -2.15. The maximum atomic E-state index is 12.5. The van der Waals surface area contributed by atoms with Gasteiger partial charge in [-0.05, 0) is 56.9 Å². The van der Waals surface area contributed by atoms with Crippen LogP contribution in [0.5, 0.6) is 0 Å². The SMILES string of the molecule is O=CC(=O)C1(CCCCCC(O)CCCCCC2(C(=O)OCc3ccccc3)CC2)CC1. The van der Waals surface area contributed by atoms with Gasteiger partial charge in [0.25, 0.3) is 0 Å². The normalized spacial score (nSPS) is 18.5. The first-order chi connectivity index (χ1) is 15.5. The van der Waals surface area contributed by atoms with Crippen molar-refractivity contribution in [1.29, 1.82) is 0 Å². The second-order valence-corrected chi connectivity index (χ2v) is 9.96. The van der Waals surface area contributed by atoms with Gasteiger partial charge >= 0.3 is 5.97 Å². The van der Waals surface area contributed by atoms with Crippen molar-refractivity contribution in [2.24, 2.45) is 10.8 Å². The molecule has 1 N–H and O–H groups in total. The number of benzene rings is 1. The molecular weight excluding hydrogens is 404 g/mol. The van der Waals surface area contributed by atoms with Crippen LogP contribution in [-0.2, 0) is 25.7 Å².